The Bertz CT molecular complexity index is 889. The standard InChI is InChI=1S/C18H13Cl3F2N3OSe/c19-18(20,21)16(25-15(27)9-6-11-4-2-1-3-5-11)26-17(28)24-14-8-7-12(22)10-13(14)23/h1-10,16H,(H,24,26)(H,25,27)/b9-6+. The van der Waals surface area contributed by atoms with Crippen LogP contribution in [-0.2, 0) is 4.79 Å². The van der Waals surface area contributed by atoms with Crippen molar-refractivity contribution in [2.24, 2.45) is 4.99 Å². The molecule has 0 fully saturated rings. The van der Waals surface area contributed by atoms with Crippen LogP contribution in [0.15, 0.2) is 59.6 Å². The number of hydrogen-bond donors (Lipinski definition) is 2. The van der Waals surface area contributed by atoms with Gasteiger partial charge in [0.05, 0.1) is 0 Å². The van der Waals surface area contributed by atoms with Gasteiger partial charge in [-0.1, -0.05) is 0 Å². The molecule has 0 saturated carbocycles. The van der Waals surface area contributed by atoms with E-state index in [4.69, 9.17) is 34.8 Å². The molecule has 0 aromatic heterocycles. The van der Waals surface area contributed by atoms with Crippen LogP contribution in [-0.4, -0.2) is 36.6 Å². The van der Waals surface area contributed by atoms with Gasteiger partial charge in [0.25, 0.3) is 0 Å². The number of carbonyl (C=O) groups is 1. The molecule has 0 aliphatic carbocycles. The number of alkyl halides is 3. The van der Waals surface area contributed by atoms with Crippen LogP contribution >= 0.6 is 34.8 Å². The molecule has 2 N–H and O–H groups in total. The van der Waals surface area contributed by atoms with Gasteiger partial charge in [0.2, 0.25) is 0 Å². The van der Waals surface area contributed by atoms with Crippen LogP contribution in [0.1, 0.15) is 5.56 Å². The number of benzene rings is 2. The summed E-state index contributed by atoms with van der Waals surface area (Å²) < 4.78 is 24.7. The average molecular weight is 511 g/mol. The molecule has 28 heavy (non-hydrogen) atoms. The first-order valence-electron chi connectivity index (χ1n) is 7.72. The third-order valence-electron chi connectivity index (χ3n) is 3.23. The summed E-state index contributed by atoms with van der Waals surface area (Å²) >= 11 is 20.2. The normalized spacial score (nSPS) is 13.4. The van der Waals surface area contributed by atoms with Gasteiger partial charge in [-0.3, -0.25) is 0 Å². The summed E-state index contributed by atoms with van der Waals surface area (Å²) in [6.07, 6.45) is 1.57. The van der Waals surface area contributed by atoms with Crippen molar-refractivity contribution >= 4 is 73.2 Å². The maximum atomic E-state index is 13.7. The van der Waals surface area contributed by atoms with E-state index < -0.39 is 27.5 Å². The Morgan fingerprint density at radius 2 is 1.82 bits per heavy atom. The molecule has 1 atom stereocenters. The van der Waals surface area contributed by atoms with E-state index in [9.17, 15) is 13.6 Å². The van der Waals surface area contributed by atoms with Crippen molar-refractivity contribution in [2.75, 3.05) is 5.32 Å². The van der Waals surface area contributed by atoms with E-state index in [0.29, 0.717) is 6.07 Å². The molecule has 1 amide bonds. The van der Waals surface area contributed by atoms with E-state index in [0.717, 1.165) is 11.6 Å². The fourth-order valence-electron chi connectivity index (χ4n) is 1.96. The summed E-state index contributed by atoms with van der Waals surface area (Å²) in [5, 5.41) is 5.02. The van der Waals surface area contributed by atoms with Crippen molar-refractivity contribution < 1.29 is 13.6 Å². The third kappa shape index (κ3) is 7.41. The molecular formula is C18H13Cl3F2N3OSe. The molecule has 0 saturated heterocycles. The van der Waals surface area contributed by atoms with Gasteiger partial charge in [0.1, 0.15) is 0 Å². The molecule has 4 nitrogen and oxygen atoms in total. The minimum absolute atomic E-state index is 0.0224. The topological polar surface area (TPSA) is 53.5 Å². The number of anilines is 1. The molecule has 1 radical (unpaired) electrons. The minimum atomic E-state index is -1.98. The van der Waals surface area contributed by atoms with Crippen molar-refractivity contribution in [1.82, 2.24) is 5.32 Å². The quantitative estimate of drug-likeness (QED) is 0.206. The second kappa shape index (κ2) is 10.2. The Hall–Kier alpha value is -1.63. The van der Waals surface area contributed by atoms with E-state index in [1.165, 1.54) is 12.1 Å². The summed E-state index contributed by atoms with van der Waals surface area (Å²) in [4.78, 5) is 16.2. The maximum absolute atomic E-state index is 13.7. The number of hydrogen-bond acceptors (Lipinski definition) is 2. The van der Waals surface area contributed by atoms with Gasteiger partial charge in [-0.25, -0.2) is 0 Å². The van der Waals surface area contributed by atoms with Crippen molar-refractivity contribution in [3.8, 4) is 0 Å². The number of rotatable bonds is 5. The predicted molar refractivity (Wildman–Crippen MR) is 111 cm³/mol. The average Bonchev–Trinajstić information content (AvgIpc) is 2.62. The van der Waals surface area contributed by atoms with Gasteiger partial charge in [0, 0.05) is 0 Å². The van der Waals surface area contributed by atoms with Crippen molar-refractivity contribution in [1.29, 1.82) is 0 Å². The summed E-state index contributed by atoms with van der Waals surface area (Å²) in [6.45, 7) is 0. The molecule has 0 spiro atoms. The zero-order valence-corrected chi connectivity index (χ0v) is 18.0. The number of amides is 1. The van der Waals surface area contributed by atoms with E-state index in [1.54, 1.807) is 6.08 Å². The van der Waals surface area contributed by atoms with Crippen LogP contribution in [0.5, 0.6) is 0 Å². The van der Waals surface area contributed by atoms with Gasteiger partial charge in [-0.15, -0.1) is 0 Å². The number of aliphatic imine (C=N–C) groups is 1. The third-order valence-corrected chi connectivity index (χ3v) is 4.29. The SMILES string of the molecule is O=C(/C=C/c1ccccc1)NC(N=C([Se])Nc1ccc(F)cc1F)C(Cl)(Cl)Cl. The van der Waals surface area contributed by atoms with Crippen LogP contribution in [0.3, 0.4) is 0 Å². The van der Waals surface area contributed by atoms with Crippen LogP contribution in [0.4, 0.5) is 14.5 Å². The molecule has 2 aromatic rings. The predicted octanol–water partition coefficient (Wildman–Crippen LogP) is 4.43. The molecule has 0 aliphatic heterocycles. The monoisotopic (exact) mass is 510 g/mol. The first kappa shape index (κ1) is 22.7. The number of amidine groups is 1. The summed E-state index contributed by atoms with van der Waals surface area (Å²) in [5.41, 5.74) is 0.766. The second-order valence-corrected chi connectivity index (χ2v) is 8.56. The number of nitrogens with zero attached hydrogens (tertiary/aromatic N) is 1. The number of carbonyl (C=O) groups excluding carboxylic acids is 1. The fourth-order valence-corrected chi connectivity index (χ4v) is 2.72. The van der Waals surface area contributed by atoms with Crippen LogP contribution < -0.4 is 10.6 Å². The Kier molecular flexibility index (Phi) is 8.28. The Labute approximate surface area is 183 Å². The second-order valence-electron chi connectivity index (χ2n) is 5.38. The van der Waals surface area contributed by atoms with Crippen molar-refractivity contribution in [3.05, 3.63) is 71.8 Å². The van der Waals surface area contributed by atoms with Crippen LogP contribution in [0.2, 0.25) is 0 Å². The summed E-state index contributed by atoms with van der Waals surface area (Å²) in [6, 6.07) is 12.1. The zero-order chi connectivity index (χ0) is 20.7. The molecule has 10 heteroatoms. The Balaban J connectivity index is 2.11. The van der Waals surface area contributed by atoms with Crippen molar-refractivity contribution in [2.45, 2.75) is 9.96 Å². The van der Waals surface area contributed by atoms with Gasteiger partial charge in [-0.05, 0) is 0 Å². The van der Waals surface area contributed by atoms with Crippen LogP contribution in [0, 0.1) is 11.6 Å². The Morgan fingerprint density at radius 1 is 1.14 bits per heavy atom. The first-order valence-corrected chi connectivity index (χ1v) is 9.71. The Morgan fingerprint density at radius 3 is 2.43 bits per heavy atom. The fraction of sp³-hybridized carbons (Fsp3) is 0.111. The zero-order valence-electron chi connectivity index (χ0n) is 14.0. The van der Waals surface area contributed by atoms with Crippen LogP contribution in [0.25, 0.3) is 6.08 Å². The molecule has 147 valence electrons. The molecule has 2 rings (SSSR count). The van der Waals surface area contributed by atoms with E-state index in [2.05, 4.69) is 31.6 Å². The molecule has 1 unspecified atom stereocenters. The summed E-state index contributed by atoms with van der Waals surface area (Å²) in [5.74, 6) is -2.11. The van der Waals surface area contributed by atoms with Gasteiger partial charge >= 0.3 is 184 Å². The number of halogens is 5. The van der Waals surface area contributed by atoms with E-state index in [-0.39, 0.29) is 10.4 Å². The van der Waals surface area contributed by atoms with E-state index >= 15 is 0 Å². The number of nitrogens with one attached hydrogen (secondary N) is 2. The van der Waals surface area contributed by atoms with E-state index in [1.807, 2.05) is 30.3 Å². The first-order chi connectivity index (χ1) is 13.1. The van der Waals surface area contributed by atoms with Crippen molar-refractivity contribution in [3.63, 3.8) is 0 Å². The molecule has 2 aromatic carbocycles. The molecule has 0 heterocycles. The molecular weight excluding hydrogens is 498 g/mol. The van der Waals surface area contributed by atoms with Gasteiger partial charge in [-0.2, -0.15) is 0 Å². The molecule has 0 bridgehead atoms. The summed E-state index contributed by atoms with van der Waals surface area (Å²) in [7, 11) is 0. The van der Waals surface area contributed by atoms with Gasteiger partial charge < -0.3 is 0 Å². The van der Waals surface area contributed by atoms with Gasteiger partial charge in [0.15, 0.2) is 0 Å². The molecule has 0 aliphatic rings.